The van der Waals surface area contributed by atoms with E-state index in [2.05, 4.69) is 4.90 Å². The summed E-state index contributed by atoms with van der Waals surface area (Å²) in [5.41, 5.74) is 2.08. The third kappa shape index (κ3) is 4.46. The Morgan fingerprint density at radius 1 is 0.939 bits per heavy atom. The van der Waals surface area contributed by atoms with Gasteiger partial charge < -0.3 is 28.4 Å². The molecule has 0 spiro atoms. The fourth-order valence-corrected chi connectivity index (χ4v) is 4.19. The predicted octanol–water partition coefficient (Wildman–Crippen LogP) is 3.02. The third-order valence-corrected chi connectivity index (χ3v) is 6.19. The minimum atomic E-state index is -0.502. The van der Waals surface area contributed by atoms with Crippen molar-refractivity contribution in [3.8, 4) is 17.2 Å². The lowest BCUT2D eigenvalue weighted by atomic mass is 10.0. The van der Waals surface area contributed by atoms with Crippen LogP contribution in [-0.4, -0.2) is 58.3 Å². The summed E-state index contributed by atoms with van der Waals surface area (Å²) < 4.78 is 21.4. The highest BCUT2D eigenvalue weighted by atomic mass is 16.5. The van der Waals surface area contributed by atoms with Crippen LogP contribution in [0.1, 0.15) is 11.1 Å². The number of carbonyl (C=O) groups excluding carboxylic acids is 1. The van der Waals surface area contributed by atoms with Crippen LogP contribution in [0, 0.1) is 6.92 Å². The van der Waals surface area contributed by atoms with E-state index in [0.29, 0.717) is 41.3 Å². The average Bonchev–Trinajstić information content (AvgIpc) is 2.85. The number of amides is 1. The quantitative estimate of drug-likeness (QED) is 0.532. The number of rotatable bonds is 6. The zero-order chi connectivity index (χ0) is 23.5. The molecule has 0 atom stereocenters. The van der Waals surface area contributed by atoms with Gasteiger partial charge in [0.25, 0.3) is 0 Å². The monoisotopic (exact) mass is 452 g/mol. The number of ether oxygens (including phenoxy) is 3. The summed E-state index contributed by atoms with van der Waals surface area (Å²) in [6.45, 7) is 4.46. The molecule has 1 aromatic heterocycles. The number of benzene rings is 2. The molecule has 1 aliphatic heterocycles. The second kappa shape index (κ2) is 9.44. The maximum atomic E-state index is 13.0. The van der Waals surface area contributed by atoms with Crippen LogP contribution in [0.25, 0.3) is 11.0 Å². The first-order valence-corrected chi connectivity index (χ1v) is 10.8. The maximum Gasteiger partial charge on any atom is 0.340 e. The number of hydrogen-bond donors (Lipinski definition) is 0. The van der Waals surface area contributed by atoms with Crippen LogP contribution in [0.15, 0.2) is 45.6 Å². The second-order valence-corrected chi connectivity index (χ2v) is 7.94. The van der Waals surface area contributed by atoms with Gasteiger partial charge in [-0.05, 0) is 42.8 Å². The molecule has 3 aromatic rings. The van der Waals surface area contributed by atoms with Gasteiger partial charge in [0.1, 0.15) is 11.3 Å². The third-order valence-electron chi connectivity index (χ3n) is 6.19. The molecule has 0 radical (unpaired) electrons. The molecular weight excluding hydrogens is 424 g/mol. The largest absolute Gasteiger partial charge is 0.497 e. The van der Waals surface area contributed by atoms with Crippen molar-refractivity contribution in [2.24, 2.45) is 0 Å². The zero-order valence-electron chi connectivity index (χ0n) is 19.3. The first-order chi connectivity index (χ1) is 15.9. The topological polar surface area (TPSA) is 81.5 Å². The molecule has 8 heteroatoms. The molecule has 0 unspecified atom stereocenters. The maximum absolute atomic E-state index is 13.0. The zero-order valence-corrected chi connectivity index (χ0v) is 19.3. The van der Waals surface area contributed by atoms with E-state index < -0.39 is 5.63 Å². The number of piperazine rings is 1. The highest BCUT2D eigenvalue weighted by Crippen LogP contribution is 2.33. The Balaban J connectivity index is 1.49. The highest BCUT2D eigenvalue weighted by Gasteiger charge is 2.24. The van der Waals surface area contributed by atoms with Crippen molar-refractivity contribution in [2.45, 2.75) is 13.3 Å². The fraction of sp³-hybridized carbons (Fsp3) is 0.360. The normalized spacial score (nSPS) is 13.8. The molecule has 0 saturated carbocycles. The van der Waals surface area contributed by atoms with E-state index in [1.165, 1.54) is 7.11 Å². The molecule has 2 heterocycles. The molecule has 2 aromatic carbocycles. The SMILES string of the molecule is COc1ccc(N2CCN(C(=O)Cc3c(C)c4cc(OC)c(OC)cc4oc3=O)CC2)cc1. The molecular formula is C25H28N2O6. The Morgan fingerprint density at radius 3 is 2.18 bits per heavy atom. The highest BCUT2D eigenvalue weighted by molar-refractivity contribution is 5.87. The van der Waals surface area contributed by atoms with Gasteiger partial charge >= 0.3 is 5.63 Å². The van der Waals surface area contributed by atoms with Gasteiger partial charge in [-0.2, -0.15) is 0 Å². The van der Waals surface area contributed by atoms with Crippen molar-refractivity contribution in [1.82, 2.24) is 4.90 Å². The first-order valence-electron chi connectivity index (χ1n) is 10.8. The molecule has 1 saturated heterocycles. The van der Waals surface area contributed by atoms with Crippen LogP contribution < -0.4 is 24.7 Å². The Kier molecular flexibility index (Phi) is 6.44. The molecule has 174 valence electrons. The molecule has 0 bridgehead atoms. The number of hydrogen-bond acceptors (Lipinski definition) is 7. The summed E-state index contributed by atoms with van der Waals surface area (Å²) in [5.74, 6) is 1.74. The first kappa shape index (κ1) is 22.5. The molecule has 0 aliphatic carbocycles. The number of methoxy groups -OCH3 is 3. The Labute approximate surface area is 192 Å². The molecule has 1 amide bonds. The summed E-state index contributed by atoms with van der Waals surface area (Å²) in [6, 6.07) is 11.3. The van der Waals surface area contributed by atoms with Crippen molar-refractivity contribution in [2.75, 3.05) is 52.4 Å². The lowest BCUT2D eigenvalue weighted by Gasteiger charge is -2.36. The number of fused-ring (bicyclic) bond motifs is 1. The summed E-state index contributed by atoms with van der Waals surface area (Å²) >= 11 is 0. The van der Waals surface area contributed by atoms with Crippen LogP contribution >= 0.6 is 0 Å². The van der Waals surface area contributed by atoms with Gasteiger partial charge in [-0.15, -0.1) is 0 Å². The van der Waals surface area contributed by atoms with E-state index in [0.717, 1.165) is 29.9 Å². The van der Waals surface area contributed by atoms with Crippen molar-refractivity contribution in [3.63, 3.8) is 0 Å². The van der Waals surface area contributed by atoms with Gasteiger partial charge in [0.2, 0.25) is 5.91 Å². The molecule has 1 aliphatic rings. The van der Waals surface area contributed by atoms with E-state index in [1.807, 2.05) is 31.2 Å². The fourth-order valence-electron chi connectivity index (χ4n) is 4.19. The van der Waals surface area contributed by atoms with Gasteiger partial charge in [-0.3, -0.25) is 4.79 Å². The Morgan fingerprint density at radius 2 is 1.58 bits per heavy atom. The van der Waals surface area contributed by atoms with E-state index in [4.69, 9.17) is 18.6 Å². The number of nitrogens with zero attached hydrogens (tertiary/aromatic N) is 2. The van der Waals surface area contributed by atoms with Crippen LogP contribution in [0.3, 0.4) is 0 Å². The number of carbonyl (C=O) groups is 1. The smallest absolute Gasteiger partial charge is 0.340 e. The van der Waals surface area contributed by atoms with Gasteiger partial charge in [-0.1, -0.05) is 0 Å². The van der Waals surface area contributed by atoms with E-state index in [-0.39, 0.29) is 12.3 Å². The molecule has 0 N–H and O–H groups in total. The second-order valence-electron chi connectivity index (χ2n) is 7.94. The minimum Gasteiger partial charge on any atom is -0.497 e. The van der Waals surface area contributed by atoms with E-state index in [1.54, 1.807) is 31.3 Å². The predicted molar refractivity (Wildman–Crippen MR) is 126 cm³/mol. The van der Waals surface area contributed by atoms with E-state index in [9.17, 15) is 9.59 Å². The van der Waals surface area contributed by atoms with Gasteiger partial charge in [0.05, 0.1) is 33.3 Å². The van der Waals surface area contributed by atoms with Crippen LogP contribution in [-0.2, 0) is 11.2 Å². The number of anilines is 1. The van der Waals surface area contributed by atoms with Crippen molar-refractivity contribution >= 4 is 22.6 Å². The average molecular weight is 453 g/mol. The van der Waals surface area contributed by atoms with Crippen LogP contribution in [0.5, 0.6) is 17.2 Å². The van der Waals surface area contributed by atoms with Gasteiger partial charge in [-0.25, -0.2) is 4.79 Å². The van der Waals surface area contributed by atoms with Gasteiger partial charge in [0.15, 0.2) is 11.5 Å². The molecule has 4 rings (SSSR count). The minimum absolute atomic E-state index is 0.000979. The Hall–Kier alpha value is -3.68. The van der Waals surface area contributed by atoms with Crippen LogP contribution in [0.4, 0.5) is 5.69 Å². The molecule has 33 heavy (non-hydrogen) atoms. The lowest BCUT2D eigenvalue weighted by molar-refractivity contribution is -0.130. The van der Waals surface area contributed by atoms with Crippen molar-refractivity contribution in [1.29, 1.82) is 0 Å². The van der Waals surface area contributed by atoms with Crippen LogP contribution in [0.2, 0.25) is 0 Å². The summed E-state index contributed by atoms with van der Waals surface area (Å²) in [5, 5.41) is 0.722. The molecule has 1 fully saturated rings. The lowest BCUT2D eigenvalue weighted by Crippen LogP contribution is -2.49. The molecule has 8 nitrogen and oxygen atoms in total. The van der Waals surface area contributed by atoms with Crippen molar-refractivity contribution in [3.05, 3.63) is 57.9 Å². The van der Waals surface area contributed by atoms with Gasteiger partial charge in [0, 0.05) is 43.3 Å². The number of aryl methyl sites for hydroxylation is 1. The summed E-state index contributed by atoms with van der Waals surface area (Å²) in [6.07, 6.45) is 0.000979. The van der Waals surface area contributed by atoms with Crippen molar-refractivity contribution < 1.29 is 23.4 Å². The Bertz CT molecular complexity index is 1210. The summed E-state index contributed by atoms with van der Waals surface area (Å²) in [4.78, 5) is 29.7. The standard InChI is InChI=1S/C25H28N2O6/c1-16-19-13-22(31-3)23(32-4)15-21(19)33-25(29)20(16)14-24(28)27-11-9-26(10-12-27)17-5-7-18(30-2)8-6-17/h5-8,13,15H,9-12,14H2,1-4H3. The van der Waals surface area contributed by atoms with E-state index >= 15 is 0 Å². The summed E-state index contributed by atoms with van der Waals surface area (Å²) in [7, 11) is 4.72.